The number of nitrogens with zero attached hydrogens (tertiary/aromatic N) is 1. The number of esters is 2. The fraction of sp³-hybridized carbons (Fsp3) is 0.418. The summed E-state index contributed by atoms with van der Waals surface area (Å²) in [4.78, 5) is 28.4. The van der Waals surface area contributed by atoms with Crippen LogP contribution in [0.5, 0.6) is 17.2 Å². The van der Waals surface area contributed by atoms with Crippen molar-refractivity contribution in [1.29, 1.82) is 5.41 Å². The number of halogens is 4. The molecule has 5 rings (SSSR count). The maximum absolute atomic E-state index is 15.6. The van der Waals surface area contributed by atoms with Crippen LogP contribution in [0.3, 0.4) is 0 Å². The number of benzene rings is 4. The lowest BCUT2D eigenvalue weighted by Crippen LogP contribution is -2.25. The Labute approximate surface area is 400 Å². The summed E-state index contributed by atoms with van der Waals surface area (Å²) >= 11 is 0. The van der Waals surface area contributed by atoms with E-state index in [4.69, 9.17) is 30.1 Å². The van der Waals surface area contributed by atoms with E-state index in [0.717, 1.165) is 92.1 Å². The van der Waals surface area contributed by atoms with Gasteiger partial charge in [0.25, 0.3) is 0 Å². The maximum Gasteiger partial charge on any atom is 0.429 e. The van der Waals surface area contributed by atoms with E-state index in [2.05, 4.69) is 30.6 Å². The molecule has 0 heterocycles. The molecule has 0 aromatic heterocycles. The van der Waals surface area contributed by atoms with Crippen molar-refractivity contribution < 1.29 is 46.1 Å². The second kappa shape index (κ2) is 29.5. The van der Waals surface area contributed by atoms with Crippen LogP contribution in [-0.4, -0.2) is 37.6 Å². The number of carbonyl (C=O) groups is 2. The van der Waals surface area contributed by atoms with Crippen LogP contribution in [0.2, 0.25) is 0 Å². The van der Waals surface area contributed by atoms with Gasteiger partial charge in [-0.05, 0) is 129 Å². The van der Waals surface area contributed by atoms with Crippen molar-refractivity contribution in [2.75, 3.05) is 18.9 Å². The topological polar surface area (TPSA) is 133 Å². The summed E-state index contributed by atoms with van der Waals surface area (Å²) in [6.45, 7) is 16.4. The number of hydrogen-bond donors (Lipinski definition) is 2. The predicted molar refractivity (Wildman–Crippen MR) is 267 cm³/mol. The van der Waals surface area contributed by atoms with Crippen LogP contribution in [0.15, 0.2) is 103 Å². The molecule has 1 aliphatic rings. The van der Waals surface area contributed by atoms with Gasteiger partial charge in [0.2, 0.25) is 5.82 Å². The lowest BCUT2D eigenvalue weighted by molar-refractivity contribution is -0.187. The number of carbonyl (C=O) groups excluding carboxylic acids is 2. The zero-order valence-corrected chi connectivity index (χ0v) is 40.4. The van der Waals surface area contributed by atoms with Crippen LogP contribution < -0.4 is 19.9 Å². The first-order valence-electron chi connectivity index (χ1n) is 23.8. The Kier molecular flexibility index (Phi) is 24.3. The number of aryl methyl sites for hydroxylation is 1. The molecule has 9 nitrogen and oxygen atoms in total. The van der Waals surface area contributed by atoms with Gasteiger partial charge in [0.15, 0.2) is 11.6 Å². The molecular formula is C55H69F4N3O6. The Bertz CT molecular complexity index is 2340. The Morgan fingerprint density at radius 3 is 2.32 bits per heavy atom. The molecule has 0 amide bonds. The third kappa shape index (κ3) is 17.4. The molecule has 13 heteroatoms. The van der Waals surface area contributed by atoms with Crippen LogP contribution in [-0.2, 0) is 26.9 Å². The fourth-order valence-electron chi connectivity index (χ4n) is 7.63. The number of rotatable bonds is 23. The highest BCUT2D eigenvalue weighted by molar-refractivity contribution is 5.87. The highest BCUT2D eigenvalue weighted by Gasteiger charge is 2.40. The van der Waals surface area contributed by atoms with E-state index < -0.39 is 46.7 Å². The molecule has 68 heavy (non-hydrogen) atoms. The van der Waals surface area contributed by atoms with E-state index in [1.807, 2.05) is 83.2 Å². The molecule has 1 saturated carbocycles. The molecule has 3 N–H and O–H groups in total. The molecule has 0 aliphatic heterocycles. The van der Waals surface area contributed by atoms with Gasteiger partial charge in [-0.1, -0.05) is 96.2 Å². The van der Waals surface area contributed by atoms with Crippen molar-refractivity contribution in [3.8, 4) is 17.2 Å². The van der Waals surface area contributed by atoms with Crippen LogP contribution in [0.25, 0.3) is 10.8 Å². The minimum Gasteiger partial charge on any atom is -0.494 e. The van der Waals surface area contributed by atoms with E-state index >= 15 is 17.6 Å². The average Bonchev–Trinajstić information content (AvgIpc) is 3.35. The zero-order valence-electron chi connectivity index (χ0n) is 40.4. The maximum atomic E-state index is 15.6. The van der Waals surface area contributed by atoms with Crippen LogP contribution >= 0.6 is 0 Å². The van der Waals surface area contributed by atoms with Gasteiger partial charge in [-0.2, -0.15) is 13.2 Å². The highest BCUT2D eigenvalue weighted by atomic mass is 19.3. The Balaban J connectivity index is 0.00000298. The minimum absolute atomic E-state index is 0.122. The molecule has 0 saturated heterocycles. The largest absolute Gasteiger partial charge is 0.494 e. The van der Waals surface area contributed by atoms with E-state index in [1.54, 1.807) is 6.21 Å². The molecule has 1 aliphatic carbocycles. The molecule has 0 radical (unpaired) electrons. The van der Waals surface area contributed by atoms with Crippen LogP contribution in [0.1, 0.15) is 122 Å². The number of anilines is 1. The highest BCUT2D eigenvalue weighted by Crippen LogP contribution is 2.40. The first kappa shape index (κ1) is 56.1. The number of allylic oxidation sites excluding steroid dienone is 4. The summed E-state index contributed by atoms with van der Waals surface area (Å²) in [6.07, 6.45) is 15.8. The molecule has 0 spiro atoms. The zero-order chi connectivity index (χ0) is 50.1. The fourth-order valence-corrected chi connectivity index (χ4v) is 7.63. The van der Waals surface area contributed by atoms with Gasteiger partial charge in [-0.15, -0.1) is 0 Å². The summed E-state index contributed by atoms with van der Waals surface area (Å²) in [7, 11) is 0. The molecule has 4 aromatic rings. The molecule has 1 unspecified atom stereocenters. The van der Waals surface area contributed by atoms with Gasteiger partial charge < -0.3 is 30.1 Å². The lowest BCUT2D eigenvalue weighted by atomic mass is 9.80. The van der Waals surface area contributed by atoms with Gasteiger partial charge in [0, 0.05) is 36.6 Å². The summed E-state index contributed by atoms with van der Waals surface area (Å²) in [5, 5.41) is 9.55. The second-order valence-corrected chi connectivity index (χ2v) is 15.9. The summed E-state index contributed by atoms with van der Waals surface area (Å²) in [5.74, 6) is -4.33. The summed E-state index contributed by atoms with van der Waals surface area (Å²) in [6, 6.07) is 15.0. The number of fused-ring (bicyclic) bond motifs is 1. The minimum atomic E-state index is -4.41. The Hall–Kier alpha value is -6.24. The SMILES string of the molecule is C=CC(=O)OCCCC(CC)CCOc1ccc2cc(CCC(=O)Oc3ccc(C(F)(F)Oc4cc(N=CCC5CCC(/C=C/C=C/C)CC5)c(N)cc4C=N)c(F)c3F)ccc2c1.CC.CC. The van der Waals surface area contributed by atoms with Crippen molar-refractivity contribution in [1.82, 2.24) is 0 Å². The first-order chi connectivity index (χ1) is 32.8. The number of nitrogens with two attached hydrogens (primary N) is 1. The van der Waals surface area contributed by atoms with Crippen LogP contribution in [0, 0.1) is 34.8 Å². The van der Waals surface area contributed by atoms with Gasteiger partial charge in [-0.3, -0.25) is 9.79 Å². The quantitative estimate of drug-likeness (QED) is 0.0111. The summed E-state index contributed by atoms with van der Waals surface area (Å²) < 4.78 is 82.6. The first-order valence-corrected chi connectivity index (χ1v) is 23.8. The predicted octanol–water partition coefficient (Wildman–Crippen LogP) is 14.8. The number of alkyl halides is 2. The van der Waals surface area contributed by atoms with E-state index in [1.165, 1.54) is 6.07 Å². The van der Waals surface area contributed by atoms with Gasteiger partial charge in [-0.25, -0.2) is 9.18 Å². The lowest BCUT2D eigenvalue weighted by Gasteiger charge is -2.25. The molecule has 1 atom stereocenters. The Morgan fingerprint density at radius 1 is 0.912 bits per heavy atom. The van der Waals surface area contributed by atoms with E-state index in [0.29, 0.717) is 49.2 Å². The number of nitrogen functional groups attached to an aromatic ring is 1. The molecule has 1 fully saturated rings. The van der Waals surface area contributed by atoms with Crippen LogP contribution in [0.4, 0.5) is 28.9 Å². The third-order valence-corrected chi connectivity index (χ3v) is 11.4. The number of nitrogens with one attached hydrogen (secondary N) is 1. The van der Waals surface area contributed by atoms with Crippen molar-refractivity contribution in [2.45, 2.75) is 118 Å². The molecule has 4 aromatic carbocycles. The van der Waals surface area contributed by atoms with Crippen molar-refractivity contribution in [2.24, 2.45) is 22.7 Å². The Morgan fingerprint density at radius 2 is 1.63 bits per heavy atom. The van der Waals surface area contributed by atoms with Crippen molar-refractivity contribution in [3.05, 3.63) is 126 Å². The number of hydrogen-bond acceptors (Lipinski definition) is 9. The van der Waals surface area contributed by atoms with Gasteiger partial charge in [0.1, 0.15) is 17.1 Å². The third-order valence-electron chi connectivity index (χ3n) is 11.4. The van der Waals surface area contributed by atoms with Gasteiger partial charge >= 0.3 is 18.0 Å². The number of ether oxygens (including phenoxy) is 4. The molecule has 368 valence electrons. The van der Waals surface area contributed by atoms with Crippen molar-refractivity contribution in [3.63, 3.8) is 0 Å². The van der Waals surface area contributed by atoms with Gasteiger partial charge in [0.05, 0.1) is 24.6 Å². The standard InChI is InChI=1S/C51H57F4N3O6.2C2H6/c1-4-7-8-10-35-12-14-36(15-13-35)24-26-58-44-32-46(40(33-56)31-43(44)57)64-51(54,55)42-21-22-45(50(53)49(42)52)63-48(60)23-17-37-16-18-39-30-41(20-19-38(39)29-37)61-28-25-34(5-2)11-9-27-62-47(59)6-3;2*1-2/h4,6-8,10,16,18-22,26,29-36,56H,3,5,9,11-15,17,23-25,27-28,57H2,1-2H3;2*1-2H3/b7-4+,10-8+,56-33?,58-26?;;. The van der Waals surface area contributed by atoms with Crippen molar-refractivity contribution >= 4 is 46.5 Å². The molecule has 0 bridgehead atoms. The normalized spacial score (nSPS) is 15.3. The smallest absolute Gasteiger partial charge is 0.429 e. The second-order valence-electron chi connectivity index (χ2n) is 15.9. The average molecular weight is 944 g/mol. The monoisotopic (exact) mass is 944 g/mol. The number of aliphatic imine (C=N–C) groups is 1. The van der Waals surface area contributed by atoms with E-state index in [9.17, 15) is 9.59 Å². The summed E-state index contributed by atoms with van der Waals surface area (Å²) in [5.41, 5.74) is 5.61. The van der Waals surface area contributed by atoms with E-state index in [-0.39, 0.29) is 29.8 Å². The molecular weight excluding hydrogens is 875 g/mol.